The van der Waals surface area contributed by atoms with E-state index in [2.05, 4.69) is 252 Å². The van der Waals surface area contributed by atoms with Crippen molar-refractivity contribution in [2.75, 3.05) is 0 Å². The SMILES string of the molecule is c1ccc2c(-c3ccc(-c4c5cc(-n6c7ccccc7c7ccccc76)ccc5c(-c5cccc6ccccc56)c5cc(-n6c7ccccc7c7ccccc76)ccc45)cc3)cccc2c1. The van der Waals surface area contributed by atoms with Crippen molar-refractivity contribution in [1.82, 2.24) is 9.13 Å². The maximum absolute atomic E-state index is 2.46. The molecular weight excluding hydrogens is 797 g/mol. The monoisotopic (exact) mass is 836 g/mol. The molecule has 0 aliphatic heterocycles. The second-order valence-electron chi connectivity index (χ2n) is 17.6. The number of nitrogens with zero attached hydrogens (tertiary/aromatic N) is 2. The molecule has 0 unspecified atom stereocenters. The molecule has 14 aromatic rings. The van der Waals surface area contributed by atoms with Gasteiger partial charge < -0.3 is 9.13 Å². The largest absolute Gasteiger partial charge is 0.309 e. The topological polar surface area (TPSA) is 9.86 Å². The molecule has 0 radical (unpaired) electrons. The molecule has 0 N–H and O–H groups in total. The summed E-state index contributed by atoms with van der Waals surface area (Å²) >= 11 is 0. The van der Waals surface area contributed by atoms with Crippen molar-refractivity contribution in [2.45, 2.75) is 0 Å². The first-order valence-electron chi connectivity index (χ1n) is 22.8. The molecule has 12 aromatic carbocycles. The minimum absolute atomic E-state index is 1.14. The first kappa shape index (κ1) is 36.7. The Morgan fingerprint density at radius 2 is 0.576 bits per heavy atom. The zero-order valence-electron chi connectivity index (χ0n) is 36.0. The van der Waals surface area contributed by atoms with Gasteiger partial charge in [0, 0.05) is 32.9 Å². The van der Waals surface area contributed by atoms with E-state index in [4.69, 9.17) is 0 Å². The fourth-order valence-electron chi connectivity index (χ4n) is 11.2. The van der Waals surface area contributed by atoms with Gasteiger partial charge in [-0.1, -0.05) is 194 Å². The van der Waals surface area contributed by atoms with E-state index >= 15 is 0 Å². The highest BCUT2D eigenvalue weighted by Crippen LogP contribution is 2.48. The molecule has 2 heterocycles. The molecule has 0 aliphatic rings. The van der Waals surface area contributed by atoms with Crippen molar-refractivity contribution in [2.24, 2.45) is 0 Å². The van der Waals surface area contributed by atoms with E-state index in [-0.39, 0.29) is 0 Å². The van der Waals surface area contributed by atoms with Crippen LogP contribution >= 0.6 is 0 Å². The van der Waals surface area contributed by atoms with Crippen LogP contribution in [0, 0.1) is 0 Å². The van der Waals surface area contributed by atoms with Crippen LogP contribution in [-0.2, 0) is 0 Å². The van der Waals surface area contributed by atoms with E-state index in [1.807, 2.05) is 0 Å². The van der Waals surface area contributed by atoms with E-state index in [9.17, 15) is 0 Å². The maximum Gasteiger partial charge on any atom is 0.0541 e. The van der Waals surface area contributed by atoms with Gasteiger partial charge in [-0.3, -0.25) is 0 Å². The van der Waals surface area contributed by atoms with Gasteiger partial charge in [-0.2, -0.15) is 0 Å². The van der Waals surface area contributed by atoms with Crippen LogP contribution < -0.4 is 0 Å². The third-order valence-electron chi connectivity index (χ3n) is 14.1. The highest BCUT2D eigenvalue weighted by atomic mass is 15.0. The molecule has 2 aromatic heterocycles. The summed E-state index contributed by atoms with van der Waals surface area (Å²) in [5.41, 5.74) is 14.4. The lowest BCUT2D eigenvalue weighted by molar-refractivity contribution is 1.18. The average Bonchev–Trinajstić information content (AvgIpc) is 3.91. The summed E-state index contributed by atoms with van der Waals surface area (Å²) in [5.74, 6) is 0. The van der Waals surface area contributed by atoms with Gasteiger partial charge >= 0.3 is 0 Å². The Bertz CT molecular complexity index is 4160. The Kier molecular flexibility index (Phi) is 8.02. The molecule has 0 amide bonds. The van der Waals surface area contributed by atoms with Gasteiger partial charge in [0.2, 0.25) is 0 Å². The number of para-hydroxylation sites is 4. The number of hydrogen-bond donors (Lipinski definition) is 0. The summed E-state index contributed by atoms with van der Waals surface area (Å²) in [4.78, 5) is 0. The summed E-state index contributed by atoms with van der Waals surface area (Å²) in [6, 6.07) is 89.8. The smallest absolute Gasteiger partial charge is 0.0541 e. The van der Waals surface area contributed by atoms with E-state index in [0.29, 0.717) is 0 Å². The van der Waals surface area contributed by atoms with Crippen LogP contribution in [0.25, 0.3) is 131 Å². The number of aromatic nitrogens is 2. The van der Waals surface area contributed by atoms with Crippen molar-refractivity contribution >= 4 is 86.7 Å². The minimum Gasteiger partial charge on any atom is -0.309 e. The van der Waals surface area contributed by atoms with Crippen molar-refractivity contribution in [3.05, 3.63) is 243 Å². The fourth-order valence-corrected chi connectivity index (χ4v) is 11.2. The number of fused-ring (bicyclic) bond motifs is 10. The lowest BCUT2D eigenvalue weighted by Crippen LogP contribution is -1.98. The van der Waals surface area contributed by atoms with Crippen LogP contribution in [0.3, 0.4) is 0 Å². The molecule has 0 aliphatic carbocycles. The first-order chi connectivity index (χ1) is 32.8. The minimum atomic E-state index is 1.14. The number of benzene rings is 12. The van der Waals surface area contributed by atoms with Gasteiger partial charge in [-0.15, -0.1) is 0 Å². The van der Waals surface area contributed by atoms with Crippen LogP contribution in [0.2, 0.25) is 0 Å². The van der Waals surface area contributed by atoms with Gasteiger partial charge in [0.05, 0.1) is 22.1 Å². The summed E-state index contributed by atoms with van der Waals surface area (Å²) in [5, 5.41) is 14.9. The predicted molar refractivity (Wildman–Crippen MR) is 281 cm³/mol. The van der Waals surface area contributed by atoms with Gasteiger partial charge in [0.15, 0.2) is 0 Å². The Balaban J connectivity index is 1.12. The molecule has 0 spiro atoms. The maximum atomic E-state index is 2.46. The average molecular weight is 837 g/mol. The van der Waals surface area contributed by atoms with Crippen LogP contribution in [0.15, 0.2) is 243 Å². The van der Waals surface area contributed by atoms with E-state index in [0.717, 1.165) is 11.4 Å². The second-order valence-corrected chi connectivity index (χ2v) is 17.6. The number of hydrogen-bond acceptors (Lipinski definition) is 0. The molecule has 0 atom stereocenters. The third-order valence-corrected chi connectivity index (χ3v) is 14.1. The Hall–Kier alpha value is -8.72. The zero-order chi connectivity index (χ0) is 43.3. The van der Waals surface area contributed by atoms with Crippen LogP contribution in [0.4, 0.5) is 0 Å². The Labute approximate surface area is 381 Å². The standard InChI is InChI=1S/C64H40N2/c1-3-19-47-41(15-1)17-13-25-48(47)43-31-33-44(34-32-43)63-55-37-35-46(66-61-29-11-7-23-52(61)53-24-8-12-30-62(53)66)40-58(55)64(54-26-14-18-42-16-2-4-20-49(42)54)56-38-36-45(39-57(56)63)65-59-27-9-5-21-50(59)51-22-6-10-28-60(51)65/h1-40H. The molecule has 0 bridgehead atoms. The lowest BCUT2D eigenvalue weighted by Gasteiger charge is -2.21. The van der Waals surface area contributed by atoms with Crippen LogP contribution in [0.1, 0.15) is 0 Å². The summed E-state index contributed by atoms with van der Waals surface area (Å²) < 4.78 is 4.90. The van der Waals surface area contributed by atoms with Crippen molar-refractivity contribution < 1.29 is 0 Å². The molecule has 0 saturated carbocycles. The molecule has 14 rings (SSSR count). The lowest BCUT2D eigenvalue weighted by atomic mass is 9.84. The molecule has 2 nitrogen and oxygen atoms in total. The molecule has 306 valence electrons. The predicted octanol–water partition coefficient (Wildman–Crippen LogP) is 17.5. The van der Waals surface area contributed by atoms with E-state index < -0.39 is 0 Å². The summed E-state index contributed by atoms with van der Waals surface area (Å²) in [6.07, 6.45) is 0. The van der Waals surface area contributed by atoms with Crippen molar-refractivity contribution in [1.29, 1.82) is 0 Å². The second kappa shape index (κ2) is 14.4. The molecule has 66 heavy (non-hydrogen) atoms. The molecule has 0 fully saturated rings. The Morgan fingerprint density at radius 1 is 0.212 bits per heavy atom. The first-order valence-corrected chi connectivity index (χ1v) is 22.8. The normalized spacial score (nSPS) is 11.9. The van der Waals surface area contributed by atoms with Gasteiger partial charge in [-0.25, -0.2) is 0 Å². The van der Waals surface area contributed by atoms with Gasteiger partial charge in [0.1, 0.15) is 0 Å². The van der Waals surface area contributed by atoms with Gasteiger partial charge in [-0.05, 0) is 125 Å². The molecule has 0 saturated heterocycles. The number of rotatable bonds is 5. The fraction of sp³-hybridized carbons (Fsp3) is 0. The highest BCUT2D eigenvalue weighted by Gasteiger charge is 2.22. The Morgan fingerprint density at radius 3 is 1.08 bits per heavy atom. The van der Waals surface area contributed by atoms with E-state index in [1.165, 1.54) is 120 Å². The van der Waals surface area contributed by atoms with Gasteiger partial charge in [0.25, 0.3) is 0 Å². The van der Waals surface area contributed by atoms with Crippen molar-refractivity contribution in [3.8, 4) is 44.8 Å². The third kappa shape index (κ3) is 5.42. The van der Waals surface area contributed by atoms with Crippen LogP contribution in [0.5, 0.6) is 0 Å². The summed E-state index contributed by atoms with van der Waals surface area (Å²) in [6.45, 7) is 0. The molecular formula is C64H40N2. The molecule has 2 heteroatoms. The van der Waals surface area contributed by atoms with E-state index in [1.54, 1.807) is 0 Å². The van der Waals surface area contributed by atoms with Crippen LogP contribution in [-0.4, -0.2) is 9.13 Å². The van der Waals surface area contributed by atoms with Crippen molar-refractivity contribution in [3.63, 3.8) is 0 Å². The highest BCUT2D eigenvalue weighted by molar-refractivity contribution is 6.24. The zero-order valence-corrected chi connectivity index (χ0v) is 36.0. The summed E-state index contributed by atoms with van der Waals surface area (Å²) in [7, 11) is 0. The quantitative estimate of drug-likeness (QED) is 0.153.